The van der Waals surface area contributed by atoms with E-state index in [9.17, 15) is 5.21 Å². The highest BCUT2D eigenvalue weighted by molar-refractivity contribution is 6.43. The predicted molar refractivity (Wildman–Crippen MR) is 125 cm³/mol. The van der Waals surface area contributed by atoms with E-state index in [4.69, 9.17) is 27.9 Å². The molecule has 5 nitrogen and oxygen atoms in total. The van der Waals surface area contributed by atoms with E-state index in [1.165, 1.54) is 5.56 Å². The molecule has 0 bridgehead atoms. The van der Waals surface area contributed by atoms with Crippen LogP contribution in [0.5, 0.6) is 5.75 Å². The van der Waals surface area contributed by atoms with Crippen LogP contribution < -0.4 is 9.64 Å². The van der Waals surface area contributed by atoms with Gasteiger partial charge in [-0.3, -0.25) is 4.99 Å². The molecule has 0 saturated carbocycles. The number of fused-ring (bicyclic) bond motifs is 1. The van der Waals surface area contributed by atoms with Crippen LogP contribution in [0.3, 0.4) is 0 Å². The average molecular weight is 448 g/mol. The Morgan fingerprint density at radius 1 is 1.10 bits per heavy atom. The maximum Gasteiger partial charge on any atom is 0.121 e. The number of benzene rings is 2. The van der Waals surface area contributed by atoms with Crippen LogP contribution in [0.25, 0.3) is 0 Å². The Bertz CT molecular complexity index is 911. The number of nitrogens with zero attached hydrogens (tertiary/aromatic N) is 3. The van der Waals surface area contributed by atoms with Crippen LogP contribution in [0.15, 0.2) is 41.4 Å². The van der Waals surface area contributed by atoms with Crippen molar-refractivity contribution in [3.05, 3.63) is 57.2 Å². The van der Waals surface area contributed by atoms with Crippen molar-refractivity contribution >= 4 is 40.8 Å². The van der Waals surface area contributed by atoms with Crippen molar-refractivity contribution in [1.29, 1.82) is 0 Å². The smallest absolute Gasteiger partial charge is 0.121 e. The van der Waals surface area contributed by atoms with Crippen LogP contribution in [0.4, 0.5) is 11.4 Å². The predicted octanol–water partition coefficient (Wildman–Crippen LogP) is 5.64. The van der Waals surface area contributed by atoms with Gasteiger partial charge in [-0.05, 0) is 43.0 Å². The van der Waals surface area contributed by atoms with Crippen molar-refractivity contribution in [2.75, 3.05) is 44.2 Å². The van der Waals surface area contributed by atoms with Gasteiger partial charge in [-0.2, -0.15) is 0 Å². The number of hydroxylamine groups is 3. The Hall–Kier alpha value is -1.79. The Morgan fingerprint density at radius 3 is 2.77 bits per heavy atom. The second-order valence-corrected chi connectivity index (χ2v) is 8.77. The summed E-state index contributed by atoms with van der Waals surface area (Å²) in [5.74, 6) is 0.853. The Morgan fingerprint density at radius 2 is 1.93 bits per heavy atom. The van der Waals surface area contributed by atoms with Crippen molar-refractivity contribution in [1.82, 2.24) is 0 Å². The van der Waals surface area contributed by atoms with Crippen molar-refractivity contribution in [2.45, 2.75) is 25.7 Å². The quantitative estimate of drug-likeness (QED) is 0.313. The monoisotopic (exact) mass is 447 g/mol. The minimum atomic E-state index is -0.151. The summed E-state index contributed by atoms with van der Waals surface area (Å²) in [6.45, 7) is 3.74. The molecule has 2 aliphatic rings. The van der Waals surface area contributed by atoms with Crippen LogP contribution in [0.2, 0.25) is 10.0 Å². The molecule has 30 heavy (non-hydrogen) atoms. The molecular formula is C23H27Cl2N3O2. The van der Waals surface area contributed by atoms with E-state index in [1.807, 2.05) is 30.5 Å². The summed E-state index contributed by atoms with van der Waals surface area (Å²) in [5.41, 5.74) is 3.21. The molecular weight excluding hydrogens is 421 g/mol. The fourth-order valence-corrected chi connectivity index (χ4v) is 4.49. The lowest BCUT2D eigenvalue weighted by molar-refractivity contribution is -0.881. The molecule has 0 aliphatic carbocycles. The summed E-state index contributed by atoms with van der Waals surface area (Å²) in [6.07, 6.45) is 5.73. The van der Waals surface area contributed by atoms with Gasteiger partial charge in [0, 0.05) is 18.7 Å². The zero-order valence-corrected chi connectivity index (χ0v) is 18.5. The molecule has 2 aromatic carbocycles. The number of piperazine rings is 1. The highest BCUT2D eigenvalue weighted by Crippen LogP contribution is 2.33. The standard InChI is InChI=1S/C23H27Cl2N3O2/c24-20-6-3-7-22(23(20)25)27-11-14-28(29,15-12-27)13-1-2-16-30-19-9-8-18-5-4-10-26-21(18)17-19/h3,6-10,17H,1-2,4-5,11-16H2. The minimum Gasteiger partial charge on any atom is -0.633 e. The molecule has 0 spiro atoms. The number of anilines is 1. The van der Waals surface area contributed by atoms with Gasteiger partial charge in [0.1, 0.15) is 5.75 Å². The third-order valence-electron chi connectivity index (χ3n) is 5.89. The van der Waals surface area contributed by atoms with Crippen LogP contribution in [-0.2, 0) is 6.42 Å². The Kier molecular flexibility index (Phi) is 6.84. The van der Waals surface area contributed by atoms with E-state index in [0.29, 0.717) is 49.4 Å². The van der Waals surface area contributed by atoms with Gasteiger partial charge in [-0.25, -0.2) is 0 Å². The number of rotatable bonds is 7. The van der Waals surface area contributed by atoms with Crippen molar-refractivity contribution in [3.8, 4) is 5.75 Å². The van der Waals surface area contributed by atoms with E-state index >= 15 is 0 Å². The molecule has 1 fully saturated rings. The van der Waals surface area contributed by atoms with Gasteiger partial charge < -0.3 is 19.5 Å². The molecule has 160 valence electrons. The molecule has 0 unspecified atom stereocenters. The summed E-state index contributed by atoms with van der Waals surface area (Å²) in [7, 11) is 0. The van der Waals surface area contributed by atoms with E-state index in [2.05, 4.69) is 16.0 Å². The Labute approximate surface area is 188 Å². The molecule has 0 aromatic heterocycles. The second-order valence-electron chi connectivity index (χ2n) is 7.99. The van der Waals surface area contributed by atoms with Gasteiger partial charge in [0.2, 0.25) is 0 Å². The number of aliphatic imine (C=N–C) groups is 1. The van der Waals surface area contributed by atoms with Crippen molar-refractivity contribution in [2.24, 2.45) is 4.99 Å². The van der Waals surface area contributed by atoms with E-state index < -0.39 is 0 Å². The lowest BCUT2D eigenvalue weighted by atomic mass is 10.1. The minimum absolute atomic E-state index is 0.151. The van der Waals surface area contributed by atoms with E-state index in [0.717, 1.165) is 42.8 Å². The van der Waals surface area contributed by atoms with E-state index in [-0.39, 0.29) is 4.65 Å². The number of hydrogen-bond donors (Lipinski definition) is 0. The van der Waals surface area contributed by atoms with Gasteiger partial charge in [0.25, 0.3) is 0 Å². The first kappa shape index (κ1) is 21.4. The molecule has 1 saturated heterocycles. The highest BCUT2D eigenvalue weighted by atomic mass is 35.5. The first-order valence-electron chi connectivity index (χ1n) is 10.6. The zero-order valence-electron chi connectivity index (χ0n) is 17.0. The number of aryl methyl sites for hydroxylation is 1. The molecule has 0 amide bonds. The lowest BCUT2D eigenvalue weighted by Crippen LogP contribution is -2.56. The number of hydrogen-bond acceptors (Lipinski definition) is 4. The molecule has 2 aliphatic heterocycles. The lowest BCUT2D eigenvalue weighted by Gasteiger charge is -2.49. The van der Waals surface area contributed by atoms with E-state index in [1.54, 1.807) is 6.07 Å². The van der Waals surface area contributed by atoms with Crippen LogP contribution >= 0.6 is 23.2 Å². The SMILES string of the molecule is [O-][N+]1(CCCCOc2ccc3c(c2)N=CCC3)CCN(c2cccc(Cl)c2Cl)CC1. The molecule has 0 N–H and O–H groups in total. The summed E-state index contributed by atoms with van der Waals surface area (Å²) in [5, 5.41) is 14.2. The molecule has 2 heterocycles. The normalized spacial score (nSPS) is 17.6. The van der Waals surface area contributed by atoms with Gasteiger partial charge in [0.05, 0.1) is 60.8 Å². The van der Waals surface area contributed by atoms with Crippen LogP contribution in [-0.4, -0.2) is 50.2 Å². The molecule has 0 atom stereocenters. The fourth-order valence-electron chi connectivity index (χ4n) is 4.07. The summed E-state index contributed by atoms with van der Waals surface area (Å²) in [4.78, 5) is 6.60. The zero-order chi connectivity index (χ0) is 21.0. The molecule has 0 radical (unpaired) electrons. The summed E-state index contributed by atoms with van der Waals surface area (Å²) >= 11 is 12.5. The fraction of sp³-hybridized carbons (Fsp3) is 0.435. The maximum absolute atomic E-state index is 13.0. The number of quaternary nitrogens is 1. The summed E-state index contributed by atoms with van der Waals surface area (Å²) < 4.78 is 5.72. The van der Waals surface area contributed by atoms with Gasteiger partial charge >= 0.3 is 0 Å². The number of unbranched alkanes of at least 4 members (excludes halogenated alkanes) is 1. The first-order chi connectivity index (χ1) is 14.5. The third-order valence-corrected chi connectivity index (χ3v) is 6.69. The summed E-state index contributed by atoms with van der Waals surface area (Å²) in [6, 6.07) is 11.8. The number of halogens is 2. The van der Waals surface area contributed by atoms with Crippen molar-refractivity contribution < 1.29 is 9.38 Å². The highest BCUT2D eigenvalue weighted by Gasteiger charge is 2.26. The average Bonchev–Trinajstić information content (AvgIpc) is 2.76. The topological polar surface area (TPSA) is 47.9 Å². The Balaban J connectivity index is 1.20. The van der Waals surface area contributed by atoms with Gasteiger partial charge in [-0.1, -0.05) is 35.3 Å². The van der Waals surface area contributed by atoms with Gasteiger partial charge in [0.15, 0.2) is 0 Å². The second kappa shape index (κ2) is 9.56. The third kappa shape index (κ3) is 5.09. The maximum atomic E-state index is 13.0. The number of ether oxygens (including phenoxy) is 1. The van der Waals surface area contributed by atoms with Crippen molar-refractivity contribution in [3.63, 3.8) is 0 Å². The van der Waals surface area contributed by atoms with Gasteiger partial charge in [-0.15, -0.1) is 0 Å². The molecule has 4 rings (SSSR count). The van der Waals surface area contributed by atoms with Crippen LogP contribution in [0.1, 0.15) is 24.8 Å². The first-order valence-corrected chi connectivity index (χ1v) is 11.3. The molecule has 2 aromatic rings. The van der Waals surface area contributed by atoms with Crippen LogP contribution in [0, 0.1) is 5.21 Å². The molecule has 7 heteroatoms. The largest absolute Gasteiger partial charge is 0.633 e.